The van der Waals surface area contributed by atoms with E-state index in [9.17, 15) is 14.3 Å². The molecule has 1 aromatic carbocycles. The number of aryl methyl sites for hydroxylation is 1. The molecule has 134 valence electrons. The molecule has 1 aliphatic rings. The third kappa shape index (κ3) is 3.20. The minimum atomic E-state index is -1.02. The lowest BCUT2D eigenvalue weighted by atomic mass is 10.0. The zero-order valence-corrected chi connectivity index (χ0v) is 15.2. The number of thiazole rings is 1. The van der Waals surface area contributed by atoms with Crippen LogP contribution >= 0.6 is 11.3 Å². The number of rotatable bonds is 4. The Bertz CT molecular complexity index is 1000. The molecule has 1 saturated carbocycles. The molecule has 7 heteroatoms. The van der Waals surface area contributed by atoms with Gasteiger partial charge in [0.2, 0.25) is 5.91 Å². The first-order valence-corrected chi connectivity index (χ1v) is 9.24. The highest BCUT2D eigenvalue weighted by atomic mass is 32.1. The molecule has 2 N–H and O–H groups in total. The SMILES string of the molecule is Cc1cc(C(C)O)ncc1-c1ccc2nc(NC(=O)[C@@H]3C[C@@H]3F)sc2c1. The van der Waals surface area contributed by atoms with Crippen LogP contribution in [0.4, 0.5) is 9.52 Å². The molecule has 2 heterocycles. The number of aliphatic hydroxyl groups excluding tert-OH is 1. The minimum absolute atomic E-state index is 0.300. The number of nitrogens with zero attached hydrogens (tertiary/aromatic N) is 2. The number of amides is 1. The van der Waals surface area contributed by atoms with Crippen LogP contribution in [0.15, 0.2) is 30.5 Å². The first-order valence-electron chi connectivity index (χ1n) is 8.43. The van der Waals surface area contributed by atoms with E-state index in [1.54, 1.807) is 13.1 Å². The normalized spacial score (nSPS) is 20.2. The quantitative estimate of drug-likeness (QED) is 0.726. The lowest BCUT2D eigenvalue weighted by Gasteiger charge is -2.09. The maximum atomic E-state index is 13.0. The molecule has 1 amide bonds. The lowest BCUT2D eigenvalue weighted by Crippen LogP contribution is -2.14. The third-order valence-corrected chi connectivity index (χ3v) is 5.47. The monoisotopic (exact) mass is 371 g/mol. The fourth-order valence-electron chi connectivity index (χ4n) is 2.89. The van der Waals surface area contributed by atoms with Gasteiger partial charge in [-0.05, 0) is 49.6 Å². The van der Waals surface area contributed by atoms with Crippen LogP contribution in [0, 0.1) is 12.8 Å². The molecule has 0 spiro atoms. The van der Waals surface area contributed by atoms with Gasteiger partial charge in [-0.15, -0.1) is 0 Å². The summed E-state index contributed by atoms with van der Waals surface area (Å²) in [7, 11) is 0. The largest absolute Gasteiger partial charge is 0.387 e. The molecule has 26 heavy (non-hydrogen) atoms. The number of anilines is 1. The zero-order valence-electron chi connectivity index (χ0n) is 14.4. The number of carbonyl (C=O) groups excluding carboxylic acids is 1. The summed E-state index contributed by atoms with van der Waals surface area (Å²) in [5, 5.41) is 12.8. The zero-order chi connectivity index (χ0) is 18.4. The molecule has 0 saturated heterocycles. The molecule has 2 aromatic heterocycles. The van der Waals surface area contributed by atoms with E-state index in [1.165, 1.54) is 11.3 Å². The Morgan fingerprint density at radius 1 is 1.42 bits per heavy atom. The van der Waals surface area contributed by atoms with Crippen molar-refractivity contribution in [2.75, 3.05) is 5.32 Å². The van der Waals surface area contributed by atoms with Crippen molar-refractivity contribution in [2.45, 2.75) is 32.5 Å². The van der Waals surface area contributed by atoms with Crippen LogP contribution in [0.5, 0.6) is 0 Å². The van der Waals surface area contributed by atoms with Crippen LogP contribution in [0.2, 0.25) is 0 Å². The maximum absolute atomic E-state index is 13.0. The van der Waals surface area contributed by atoms with Crippen molar-refractivity contribution in [3.63, 3.8) is 0 Å². The Hall–Kier alpha value is -2.38. The van der Waals surface area contributed by atoms with E-state index in [0.29, 0.717) is 17.2 Å². The molecule has 1 unspecified atom stereocenters. The van der Waals surface area contributed by atoms with E-state index in [4.69, 9.17) is 0 Å². The Kier molecular flexibility index (Phi) is 4.20. The van der Waals surface area contributed by atoms with Gasteiger partial charge in [0.05, 0.1) is 27.9 Å². The molecule has 1 fully saturated rings. The highest BCUT2D eigenvalue weighted by molar-refractivity contribution is 7.22. The van der Waals surface area contributed by atoms with Crippen LogP contribution in [0.1, 0.15) is 30.7 Å². The van der Waals surface area contributed by atoms with Crippen molar-refractivity contribution < 1.29 is 14.3 Å². The van der Waals surface area contributed by atoms with Crippen LogP contribution in [-0.4, -0.2) is 27.2 Å². The topological polar surface area (TPSA) is 75.1 Å². The number of hydrogen-bond donors (Lipinski definition) is 2. The third-order valence-electron chi connectivity index (χ3n) is 4.54. The van der Waals surface area contributed by atoms with Crippen molar-refractivity contribution in [3.05, 3.63) is 41.7 Å². The molecule has 0 bridgehead atoms. The van der Waals surface area contributed by atoms with Crippen molar-refractivity contribution in [1.29, 1.82) is 0 Å². The maximum Gasteiger partial charge on any atom is 0.232 e. The minimum Gasteiger partial charge on any atom is -0.387 e. The lowest BCUT2D eigenvalue weighted by molar-refractivity contribution is -0.117. The molecular weight excluding hydrogens is 353 g/mol. The van der Waals surface area contributed by atoms with Crippen LogP contribution in [-0.2, 0) is 4.79 Å². The summed E-state index contributed by atoms with van der Waals surface area (Å²) in [6.45, 7) is 3.67. The molecular formula is C19H18FN3O2S. The summed E-state index contributed by atoms with van der Waals surface area (Å²) in [4.78, 5) is 20.6. The van der Waals surface area contributed by atoms with Gasteiger partial charge in [-0.1, -0.05) is 17.4 Å². The molecule has 4 rings (SSSR count). The highest BCUT2D eigenvalue weighted by Crippen LogP contribution is 2.36. The number of aliphatic hydroxyl groups is 1. The molecule has 0 radical (unpaired) electrons. The first kappa shape index (κ1) is 17.1. The second-order valence-electron chi connectivity index (χ2n) is 6.65. The molecule has 3 atom stereocenters. The summed E-state index contributed by atoms with van der Waals surface area (Å²) < 4.78 is 13.9. The van der Waals surface area contributed by atoms with Gasteiger partial charge in [-0.2, -0.15) is 0 Å². The van der Waals surface area contributed by atoms with Gasteiger partial charge < -0.3 is 10.4 Å². The van der Waals surface area contributed by atoms with E-state index in [-0.39, 0.29) is 5.91 Å². The van der Waals surface area contributed by atoms with Crippen molar-refractivity contribution in [1.82, 2.24) is 9.97 Å². The van der Waals surface area contributed by atoms with E-state index in [1.807, 2.05) is 31.2 Å². The van der Waals surface area contributed by atoms with Crippen molar-refractivity contribution >= 4 is 32.6 Å². The fraction of sp³-hybridized carbons (Fsp3) is 0.316. The van der Waals surface area contributed by atoms with Gasteiger partial charge in [0.1, 0.15) is 6.17 Å². The average Bonchev–Trinajstić information content (AvgIpc) is 3.20. The fourth-order valence-corrected chi connectivity index (χ4v) is 3.80. The Morgan fingerprint density at radius 2 is 2.19 bits per heavy atom. The second-order valence-corrected chi connectivity index (χ2v) is 7.68. The number of aromatic nitrogens is 2. The second kappa shape index (κ2) is 6.41. The number of benzene rings is 1. The number of alkyl halides is 1. The summed E-state index contributed by atoms with van der Waals surface area (Å²) in [5.74, 6) is -0.829. The van der Waals surface area contributed by atoms with E-state index >= 15 is 0 Å². The van der Waals surface area contributed by atoms with Crippen molar-refractivity contribution in [3.8, 4) is 11.1 Å². The van der Waals surface area contributed by atoms with Gasteiger partial charge >= 0.3 is 0 Å². The Balaban J connectivity index is 1.62. The molecule has 1 aliphatic carbocycles. The predicted molar refractivity (Wildman–Crippen MR) is 99.9 cm³/mol. The number of nitrogens with one attached hydrogen (secondary N) is 1. The highest BCUT2D eigenvalue weighted by Gasteiger charge is 2.43. The van der Waals surface area contributed by atoms with Gasteiger partial charge in [0, 0.05) is 11.8 Å². The van der Waals surface area contributed by atoms with Crippen LogP contribution in [0.3, 0.4) is 0 Å². The number of carbonyl (C=O) groups is 1. The average molecular weight is 371 g/mol. The Morgan fingerprint density at radius 3 is 2.85 bits per heavy atom. The summed E-state index contributed by atoms with van der Waals surface area (Å²) in [6, 6.07) is 7.74. The number of pyridine rings is 1. The smallest absolute Gasteiger partial charge is 0.232 e. The van der Waals surface area contributed by atoms with E-state index in [2.05, 4.69) is 15.3 Å². The number of halogens is 1. The van der Waals surface area contributed by atoms with Gasteiger partial charge in [-0.3, -0.25) is 9.78 Å². The summed E-state index contributed by atoms with van der Waals surface area (Å²) in [6.07, 6.45) is 0.441. The molecule has 3 aromatic rings. The van der Waals surface area contributed by atoms with E-state index < -0.39 is 18.2 Å². The van der Waals surface area contributed by atoms with E-state index in [0.717, 1.165) is 26.9 Å². The summed E-state index contributed by atoms with van der Waals surface area (Å²) in [5.41, 5.74) is 4.42. The van der Waals surface area contributed by atoms with Gasteiger partial charge in [0.25, 0.3) is 0 Å². The van der Waals surface area contributed by atoms with Gasteiger partial charge in [-0.25, -0.2) is 9.37 Å². The Labute approximate surface area is 153 Å². The first-order chi connectivity index (χ1) is 12.4. The molecule has 5 nitrogen and oxygen atoms in total. The molecule has 0 aliphatic heterocycles. The summed E-state index contributed by atoms with van der Waals surface area (Å²) >= 11 is 1.37. The standard InChI is InChI=1S/C19H18FN3O2S/c1-9-5-16(10(2)24)21-8-13(9)11-3-4-15-17(6-11)26-19(22-15)23-18(25)12-7-14(12)20/h3-6,8,10,12,14,24H,7H2,1-2H3,(H,22,23,25)/t10?,12-,14+/m1/s1. The van der Waals surface area contributed by atoms with Crippen LogP contribution in [0.25, 0.3) is 21.3 Å². The van der Waals surface area contributed by atoms with Crippen LogP contribution < -0.4 is 5.32 Å². The predicted octanol–water partition coefficient (Wildman–Crippen LogP) is 4.02. The van der Waals surface area contributed by atoms with Crippen molar-refractivity contribution in [2.24, 2.45) is 5.92 Å². The van der Waals surface area contributed by atoms with Gasteiger partial charge in [0.15, 0.2) is 5.13 Å². The number of hydrogen-bond acceptors (Lipinski definition) is 5. The number of fused-ring (bicyclic) bond motifs is 1.